The molecule has 4 aromatic heterocycles. The molecule has 12 aromatic rings. The molecular weight excluding hydrogens is 905 g/mol. The molecule has 12 rings (SSSR count). The summed E-state index contributed by atoms with van der Waals surface area (Å²) >= 11 is 0. The first-order valence-electron chi connectivity index (χ1n) is 23.5. The Hall–Kier alpha value is -9.10. The third-order valence-corrected chi connectivity index (χ3v) is 22.9. The lowest BCUT2D eigenvalue weighted by Crippen LogP contribution is -2.74. The van der Waals surface area contributed by atoms with Gasteiger partial charge in [0.05, 0.1) is 11.0 Å². The van der Waals surface area contributed by atoms with Gasteiger partial charge in [-0.1, -0.05) is 182 Å². The fourth-order valence-electron chi connectivity index (χ4n) is 10.4. The Kier molecular flexibility index (Phi) is 11.4. The molecule has 0 aliphatic rings. The van der Waals surface area contributed by atoms with Gasteiger partial charge >= 0.3 is 0 Å². The molecule has 71 heavy (non-hydrogen) atoms. The van der Waals surface area contributed by atoms with Crippen LogP contribution in [0.5, 0.6) is 23.3 Å². The number of benzene rings is 8. The molecule has 10 heteroatoms. The molecule has 0 aliphatic carbocycles. The highest BCUT2D eigenvalue weighted by molar-refractivity contribution is 7.20. The van der Waals surface area contributed by atoms with E-state index in [0.717, 1.165) is 33.3 Å². The van der Waals surface area contributed by atoms with Crippen molar-refractivity contribution in [1.29, 1.82) is 0 Å². The average molecular weight is 949 g/mol. The Morgan fingerprint density at radius 2 is 0.676 bits per heavy atom. The summed E-state index contributed by atoms with van der Waals surface area (Å²) in [5, 5.41) is 11.8. The lowest BCUT2D eigenvalue weighted by Gasteiger charge is -2.34. The van der Waals surface area contributed by atoms with E-state index in [9.17, 15) is 0 Å². The van der Waals surface area contributed by atoms with E-state index in [0.29, 0.717) is 17.7 Å². The normalized spacial score (nSPS) is 11.7. The zero-order valence-electron chi connectivity index (χ0n) is 38.4. The minimum Gasteiger partial charge on any atom is -0.439 e. The van der Waals surface area contributed by atoms with Gasteiger partial charge in [0, 0.05) is 35.3 Å². The fraction of sp³-hybridized carbons (Fsp3) is 0. The second-order valence-corrected chi connectivity index (χ2v) is 24.9. The number of fused-ring (bicyclic) bond motifs is 3. The number of ether oxygens (including phenoxy) is 2. The van der Waals surface area contributed by atoms with Crippen LogP contribution < -0.4 is 51.0 Å². The molecule has 0 unspecified atom stereocenters. The summed E-state index contributed by atoms with van der Waals surface area (Å²) in [5.74, 6) is 3.05. The van der Waals surface area contributed by atoms with Crippen molar-refractivity contribution in [3.05, 3.63) is 268 Å². The molecule has 8 aromatic carbocycles. The van der Waals surface area contributed by atoms with Crippen LogP contribution in [0, 0.1) is 0 Å². The topological polar surface area (TPSA) is 87.8 Å². The minimum absolute atomic E-state index is 0.532. The zero-order valence-corrected chi connectivity index (χ0v) is 40.4. The Balaban J connectivity index is 1.13. The quantitative estimate of drug-likeness (QED) is 0.0854. The van der Waals surface area contributed by atoms with Gasteiger partial charge in [-0.15, -0.1) is 0 Å². The van der Waals surface area contributed by atoms with Gasteiger partial charge in [-0.25, -0.2) is 24.9 Å². The number of aromatic nitrogens is 6. The first-order valence-corrected chi connectivity index (χ1v) is 27.5. The van der Waals surface area contributed by atoms with Gasteiger partial charge in [-0.05, 0) is 90.0 Å². The maximum absolute atomic E-state index is 6.45. The van der Waals surface area contributed by atoms with Gasteiger partial charge < -0.3 is 9.47 Å². The summed E-state index contributed by atoms with van der Waals surface area (Å²) in [6.07, 6.45) is 6.65. The first kappa shape index (κ1) is 43.2. The van der Waals surface area contributed by atoms with Crippen molar-refractivity contribution in [2.24, 2.45) is 0 Å². The van der Waals surface area contributed by atoms with Crippen LogP contribution in [0.4, 0.5) is 0 Å². The molecule has 8 nitrogen and oxygen atoms in total. The SMILES string of the molecule is c1ccc([Si](c2ccccc2)(c2cccc(Oc3ccccn3)c2)c2ccc3c4ccc([Si](c5ccccc5)(c5ccccc5)c5cccc(Oc6ccccn6)c5)cc4n(-c4ncncn4)c3c2)cc1. The Labute approximate surface area is 413 Å². The third kappa shape index (κ3) is 7.77. The summed E-state index contributed by atoms with van der Waals surface area (Å²) in [6.45, 7) is 0. The zero-order chi connectivity index (χ0) is 47.5. The van der Waals surface area contributed by atoms with E-state index in [2.05, 4.69) is 214 Å². The standard InChI is InChI=1S/C61H44N6O2Si2/c1-5-21-47(22-6-1)70(48-23-7-2-8-24-48,51-29-17-19-45(39-51)68-59-31-13-15-37-63-59)53-33-35-55-56-36-34-54(42-58(56)67(57(55)41-53)61-65-43-62-44-66-61)71(49-25-9-3-10-26-49,50-27-11-4-12-28-50)52-30-18-20-46(40-52)69-60-32-14-16-38-64-60/h1-44H. The molecule has 0 atom stereocenters. The number of hydrogen-bond acceptors (Lipinski definition) is 7. The third-order valence-electron chi connectivity index (χ3n) is 13.4. The summed E-state index contributed by atoms with van der Waals surface area (Å²) in [4.78, 5) is 23.0. The van der Waals surface area contributed by atoms with Crippen molar-refractivity contribution in [3.8, 4) is 29.2 Å². The van der Waals surface area contributed by atoms with Crippen LogP contribution in [-0.4, -0.2) is 45.6 Å². The van der Waals surface area contributed by atoms with Gasteiger partial charge in [0.2, 0.25) is 17.7 Å². The van der Waals surface area contributed by atoms with Crippen molar-refractivity contribution >= 4 is 79.4 Å². The smallest absolute Gasteiger partial charge is 0.237 e. The molecule has 0 fully saturated rings. The first-order chi connectivity index (χ1) is 35.2. The predicted molar refractivity (Wildman–Crippen MR) is 290 cm³/mol. The van der Waals surface area contributed by atoms with Crippen LogP contribution >= 0.6 is 0 Å². The molecule has 0 N–H and O–H groups in total. The van der Waals surface area contributed by atoms with E-state index in [1.165, 1.54) is 41.5 Å². The van der Waals surface area contributed by atoms with Gasteiger partial charge in [0.25, 0.3) is 0 Å². The fourth-order valence-corrected chi connectivity index (χ4v) is 20.0. The van der Waals surface area contributed by atoms with Crippen molar-refractivity contribution in [2.45, 2.75) is 0 Å². The maximum atomic E-state index is 6.45. The molecule has 0 spiro atoms. The van der Waals surface area contributed by atoms with Crippen molar-refractivity contribution < 1.29 is 9.47 Å². The minimum atomic E-state index is -3.12. The predicted octanol–water partition coefficient (Wildman–Crippen LogP) is 8.10. The highest BCUT2D eigenvalue weighted by atomic mass is 28.3. The van der Waals surface area contributed by atoms with Gasteiger partial charge in [0.1, 0.15) is 24.2 Å². The molecule has 0 aliphatic heterocycles. The molecule has 338 valence electrons. The summed E-state index contributed by atoms with van der Waals surface area (Å²) in [7, 11) is -6.24. The van der Waals surface area contributed by atoms with Crippen molar-refractivity contribution in [2.75, 3.05) is 0 Å². The van der Waals surface area contributed by atoms with E-state index >= 15 is 0 Å². The monoisotopic (exact) mass is 948 g/mol. The highest BCUT2D eigenvalue weighted by Crippen LogP contribution is 2.32. The van der Waals surface area contributed by atoms with Crippen molar-refractivity contribution in [1.82, 2.24) is 29.5 Å². The van der Waals surface area contributed by atoms with E-state index in [1.54, 1.807) is 25.0 Å². The van der Waals surface area contributed by atoms with E-state index in [1.807, 2.05) is 48.5 Å². The van der Waals surface area contributed by atoms with Crippen LogP contribution in [0.15, 0.2) is 268 Å². The second-order valence-electron chi connectivity index (χ2n) is 17.3. The van der Waals surface area contributed by atoms with Crippen LogP contribution in [0.25, 0.3) is 27.8 Å². The summed E-state index contributed by atoms with van der Waals surface area (Å²) in [6, 6.07) is 86.3. The van der Waals surface area contributed by atoms with Gasteiger partial charge in [-0.2, -0.15) is 0 Å². The molecular formula is C61H44N6O2Si2. The highest BCUT2D eigenvalue weighted by Gasteiger charge is 2.44. The Morgan fingerprint density at radius 1 is 0.310 bits per heavy atom. The maximum Gasteiger partial charge on any atom is 0.237 e. The number of nitrogens with zero attached hydrogens (tertiary/aromatic N) is 6. The molecule has 0 amide bonds. The van der Waals surface area contributed by atoms with Gasteiger partial charge in [-0.3, -0.25) is 4.57 Å². The number of rotatable bonds is 13. The number of hydrogen-bond donors (Lipinski definition) is 0. The van der Waals surface area contributed by atoms with E-state index < -0.39 is 16.1 Å². The summed E-state index contributed by atoms with van der Waals surface area (Å²) in [5.41, 5.74) is 1.98. The Bertz CT molecular complexity index is 3450. The largest absolute Gasteiger partial charge is 0.439 e. The lowest BCUT2D eigenvalue weighted by atomic mass is 10.1. The van der Waals surface area contributed by atoms with Crippen LogP contribution in [-0.2, 0) is 0 Å². The van der Waals surface area contributed by atoms with Crippen molar-refractivity contribution in [3.63, 3.8) is 0 Å². The molecule has 0 radical (unpaired) electrons. The van der Waals surface area contributed by atoms with Crippen LogP contribution in [0.1, 0.15) is 0 Å². The molecule has 0 saturated heterocycles. The average Bonchev–Trinajstić information content (AvgIpc) is 3.77. The molecule has 0 saturated carbocycles. The lowest BCUT2D eigenvalue weighted by molar-refractivity contribution is 0.463. The van der Waals surface area contributed by atoms with E-state index in [-0.39, 0.29) is 0 Å². The number of pyridine rings is 2. The van der Waals surface area contributed by atoms with Crippen LogP contribution in [0.3, 0.4) is 0 Å². The summed E-state index contributed by atoms with van der Waals surface area (Å²) < 4.78 is 15.1. The Morgan fingerprint density at radius 3 is 1.06 bits per heavy atom. The van der Waals surface area contributed by atoms with Gasteiger partial charge in [0.15, 0.2) is 16.1 Å². The second kappa shape index (κ2) is 18.8. The molecule has 0 bridgehead atoms. The van der Waals surface area contributed by atoms with Crippen LogP contribution in [0.2, 0.25) is 0 Å². The van der Waals surface area contributed by atoms with E-state index in [4.69, 9.17) is 19.4 Å². The molecule has 4 heterocycles.